The Balaban J connectivity index is 1.53. The number of para-hydroxylation sites is 2. The SMILES string of the molecule is CN(CC(=O)Nc1cccc(Cl)c1)C(=O)CCN1C(=O)COc2ccccc21. The number of carbonyl (C=O) groups is 3. The Bertz CT molecular complexity index is 903. The Morgan fingerprint density at radius 1 is 1.21 bits per heavy atom. The Labute approximate surface area is 167 Å². The van der Waals surface area contributed by atoms with Crippen molar-refractivity contribution in [1.29, 1.82) is 0 Å². The van der Waals surface area contributed by atoms with E-state index in [1.54, 1.807) is 43.4 Å². The van der Waals surface area contributed by atoms with Crippen molar-refractivity contribution in [3.63, 3.8) is 0 Å². The molecule has 1 heterocycles. The number of hydrogen-bond acceptors (Lipinski definition) is 4. The standard InChI is InChI=1S/C20H20ClN3O4/c1-23(12-18(25)22-15-6-4-5-14(21)11-15)19(26)9-10-24-16-7-2-3-8-17(16)28-13-20(24)27/h2-8,11H,9-10,12-13H2,1H3,(H,22,25). The summed E-state index contributed by atoms with van der Waals surface area (Å²) < 4.78 is 5.39. The minimum Gasteiger partial charge on any atom is -0.482 e. The summed E-state index contributed by atoms with van der Waals surface area (Å²) >= 11 is 5.89. The first-order chi connectivity index (χ1) is 13.4. The third kappa shape index (κ3) is 4.80. The number of rotatable bonds is 6. The molecular weight excluding hydrogens is 382 g/mol. The predicted molar refractivity (Wildman–Crippen MR) is 107 cm³/mol. The van der Waals surface area contributed by atoms with Gasteiger partial charge in [0.05, 0.1) is 12.2 Å². The van der Waals surface area contributed by atoms with Gasteiger partial charge in [-0.15, -0.1) is 0 Å². The van der Waals surface area contributed by atoms with Gasteiger partial charge in [0.2, 0.25) is 11.8 Å². The molecule has 28 heavy (non-hydrogen) atoms. The molecule has 0 fully saturated rings. The van der Waals surface area contributed by atoms with E-state index in [1.807, 2.05) is 12.1 Å². The molecule has 1 aliphatic rings. The summed E-state index contributed by atoms with van der Waals surface area (Å²) in [6.07, 6.45) is 0.0982. The van der Waals surface area contributed by atoms with Crippen molar-refractivity contribution in [3.05, 3.63) is 53.6 Å². The number of nitrogens with zero attached hydrogens (tertiary/aromatic N) is 2. The average Bonchev–Trinajstić information content (AvgIpc) is 2.66. The lowest BCUT2D eigenvalue weighted by molar-refractivity contribution is -0.133. The summed E-state index contributed by atoms with van der Waals surface area (Å²) in [5, 5.41) is 3.21. The minimum atomic E-state index is -0.328. The predicted octanol–water partition coefficient (Wildman–Crippen LogP) is 2.55. The summed E-state index contributed by atoms with van der Waals surface area (Å²) in [4.78, 5) is 39.6. The van der Waals surface area contributed by atoms with Gasteiger partial charge in [-0.25, -0.2) is 0 Å². The first kappa shape index (κ1) is 19.7. The molecule has 0 radical (unpaired) electrons. The van der Waals surface area contributed by atoms with Crippen LogP contribution in [0.15, 0.2) is 48.5 Å². The zero-order valence-electron chi connectivity index (χ0n) is 15.4. The molecule has 0 unspecified atom stereocenters. The van der Waals surface area contributed by atoms with E-state index in [2.05, 4.69) is 5.32 Å². The van der Waals surface area contributed by atoms with Gasteiger partial charge in [-0.2, -0.15) is 0 Å². The largest absolute Gasteiger partial charge is 0.482 e. The molecule has 0 saturated carbocycles. The molecule has 0 bridgehead atoms. The van der Waals surface area contributed by atoms with Crippen molar-refractivity contribution in [3.8, 4) is 5.75 Å². The molecule has 1 N–H and O–H groups in total. The number of fused-ring (bicyclic) bond motifs is 1. The number of anilines is 2. The topological polar surface area (TPSA) is 79.0 Å². The summed E-state index contributed by atoms with van der Waals surface area (Å²) in [7, 11) is 1.55. The van der Waals surface area contributed by atoms with E-state index in [1.165, 1.54) is 9.80 Å². The molecule has 8 heteroatoms. The normalized spacial score (nSPS) is 12.8. The maximum Gasteiger partial charge on any atom is 0.265 e. The second-order valence-corrected chi connectivity index (χ2v) is 6.80. The highest BCUT2D eigenvalue weighted by molar-refractivity contribution is 6.30. The van der Waals surface area contributed by atoms with E-state index in [0.29, 0.717) is 22.1 Å². The molecule has 2 aromatic carbocycles. The second-order valence-electron chi connectivity index (χ2n) is 6.36. The highest BCUT2D eigenvalue weighted by Crippen LogP contribution is 2.31. The monoisotopic (exact) mass is 401 g/mol. The molecule has 0 spiro atoms. The lowest BCUT2D eigenvalue weighted by Crippen LogP contribution is -2.42. The van der Waals surface area contributed by atoms with Crippen LogP contribution in [0.2, 0.25) is 5.02 Å². The molecule has 7 nitrogen and oxygen atoms in total. The zero-order valence-corrected chi connectivity index (χ0v) is 16.1. The zero-order chi connectivity index (χ0) is 20.1. The number of likely N-dealkylation sites (N-methyl/N-ethyl adjacent to an activating group) is 1. The van der Waals surface area contributed by atoms with Gasteiger partial charge in [-0.3, -0.25) is 14.4 Å². The van der Waals surface area contributed by atoms with Crippen LogP contribution in [0.4, 0.5) is 11.4 Å². The lowest BCUT2D eigenvalue weighted by Gasteiger charge is -2.29. The van der Waals surface area contributed by atoms with Gasteiger partial charge in [0, 0.05) is 30.7 Å². The third-order valence-corrected chi connectivity index (χ3v) is 4.51. The first-order valence-electron chi connectivity index (χ1n) is 8.75. The fraction of sp³-hybridized carbons (Fsp3) is 0.250. The van der Waals surface area contributed by atoms with Crippen LogP contribution in [-0.2, 0) is 14.4 Å². The molecular formula is C20H20ClN3O4. The molecule has 146 valence electrons. The quantitative estimate of drug-likeness (QED) is 0.806. The van der Waals surface area contributed by atoms with Gasteiger partial charge in [-0.1, -0.05) is 29.8 Å². The van der Waals surface area contributed by atoms with E-state index in [4.69, 9.17) is 16.3 Å². The summed E-state index contributed by atoms with van der Waals surface area (Å²) in [5.41, 5.74) is 1.21. The molecule has 2 aromatic rings. The number of benzene rings is 2. The highest BCUT2D eigenvalue weighted by atomic mass is 35.5. The van der Waals surface area contributed by atoms with Crippen molar-refractivity contribution >= 4 is 40.7 Å². The van der Waals surface area contributed by atoms with Gasteiger partial charge < -0.3 is 19.9 Å². The molecule has 0 saturated heterocycles. The molecule has 3 amide bonds. The van der Waals surface area contributed by atoms with Crippen LogP contribution >= 0.6 is 11.6 Å². The van der Waals surface area contributed by atoms with Gasteiger partial charge in [0.15, 0.2) is 6.61 Å². The van der Waals surface area contributed by atoms with E-state index in [-0.39, 0.29) is 43.8 Å². The van der Waals surface area contributed by atoms with Crippen molar-refractivity contribution in [2.24, 2.45) is 0 Å². The lowest BCUT2D eigenvalue weighted by atomic mass is 10.2. The molecule has 0 aliphatic carbocycles. The number of nitrogens with one attached hydrogen (secondary N) is 1. The van der Waals surface area contributed by atoms with E-state index < -0.39 is 0 Å². The Kier molecular flexibility index (Phi) is 6.16. The molecule has 0 aromatic heterocycles. The molecule has 1 aliphatic heterocycles. The van der Waals surface area contributed by atoms with Crippen LogP contribution in [0.5, 0.6) is 5.75 Å². The van der Waals surface area contributed by atoms with Crippen molar-refractivity contribution in [1.82, 2.24) is 4.90 Å². The minimum absolute atomic E-state index is 0.0525. The van der Waals surface area contributed by atoms with Crippen LogP contribution in [0.3, 0.4) is 0 Å². The maximum atomic E-state index is 12.4. The van der Waals surface area contributed by atoms with Gasteiger partial charge in [0.1, 0.15) is 5.75 Å². The number of hydrogen-bond donors (Lipinski definition) is 1. The smallest absolute Gasteiger partial charge is 0.265 e. The number of carbonyl (C=O) groups excluding carboxylic acids is 3. The number of halogens is 1. The Hall–Kier alpha value is -3.06. The van der Waals surface area contributed by atoms with Crippen LogP contribution in [0.1, 0.15) is 6.42 Å². The van der Waals surface area contributed by atoms with Crippen molar-refractivity contribution < 1.29 is 19.1 Å². The Morgan fingerprint density at radius 3 is 2.79 bits per heavy atom. The van der Waals surface area contributed by atoms with Gasteiger partial charge >= 0.3 is 0 Å². The third-order valence-electron chi connectivity index (χ3n) is 4.27. The van der Waals surface area contributed by atoms with Crippen LogP contribution < -0.4 is 15.0 Å². The van der Waals surface area contributed by atoms with Gasteiger partial charge in [-0.05, 0) is 30.3 Å². The molecule has 3 rings (SSSR count). The maximum absolute atomic E-state index is 12.4. The summed E-state index contributed by atoms with van der Waals surface area (Å²) in [6, 6.07) is 14.0. The first-order valence-corrected chi connectivity index (χ1v) is 9.13. The van der Waals surface area contributed by atoms with Crippen LogP contribution in [-0.4, -0.2) is 49.4 Å². The number of amides is 3. The summed E-state index contributed by atoms with van der Waals surface area (Å²) in [5.74, 6) is -0.152. The Morgan fingerprint density at radius 2 is 2.00 bits per heavy atom. The molecule has 0 atom stereocenters. The van der Waals surface area contributed by atoms with E-state index in [9.17, 15) is 14.4 Å². The fourth-order valence-electron chi connectivity index (χ4n) is 2.87. The van der Waals surface area contributed by atoms with Crippen LogP contribution in [0.25, 0.3) is 0 Å². The van der Waals surface area contributed by atoms with Crippen molar-refractivity contribution in [2.75, 3.05) is 37.0 Å². The van der Waals surface area contributed by atoms with E-state index in [0.717, 1.165) is 0 Å². The summed E-state index contributed by atoms with van der Waals surface area (Å²) in [6.45, 7) is 0.0698. The van der Waals surface area contributed by atoms with E-state index >= 15 is 0 Å². The van der Waals surface area contributed by atoms with Crippen molar-refractivity contribution in [2.45, 2.75) is 6.42 Å². The van der Waals surface area contributed by atoms with Crippen LogP contribution in [0, 0.1) is 0 Å². The van der Waals surface area contributed by atoms with Gasteiger partial charge in [0.25, 0.3) is 5.91 Å². The highest BCUT2D eigenvalue weighted by Gasteiger charge is 2.26. The average molecular weight is 402 g/mol. The second kappa shape index (κ2) is 8.75. The fourth-order valence-corrected chi connectivity index (χ4v) is 3.06. The number of ether oxygens (including phenoxy) is 1.